The summed E-state index contributed by atoms with van der Waals surface area (Å²) in [5.41, 5.74) is 0.349. The second-order valence-electron chi connectivity index (χ2n) is 6.13. The van der Waals surface area contributed by atoms with Crippen molar-refractivity contribution in [1.29, 1.82) is 0 Å². The molecule has 1 amide bonds. The highest BCUT2D eigenvalue weighted by molar-refractivity contribution is 5.92. The lowest BCUT2D eigenvalue weighted by atomic mass is 10.1. The van der Waals surface area contributed by atoms with Crippen molar-refractivity contribution in [1.82, 2.24) is 15.0 Å². The molecule has 2 aromatic rings. The van der Waals surface area contributed by atoms with Crippen LogP contribution in [0.2, 0.25) is 0 Å². The van der Waals surface area contributed by atoms with Gasteiger partial charge in [-0.05, 0) is 25.8 Å². The number of nitrogens with zero attached hydrogens (tertiary/aromatic N) is 3. The third-order valence-corrected chi connectivity index (χ3v) is 4.55. The Morgan fingerprint density at radius 3 is 3.04 bits per heavy atom. The van der Waals surface area contributed by atoms with E-state index in [1.165, 1.54) is 0 Å². The van der Waals surface area contributed by atoms with Gasteiger partial charge in [-0.2, -0.15) is 0 Å². The van der Waals surface area contributed by atoms with Gasteiger partial charge in [-0.3, -0.25) is 4.79 Å². The highest BCUT2D eigenvalue weighted by Gasteiger charge is 2.46. The minimum atomic E-state index is -0.141. The molecule has 1 saturated carbocycles. The molecule has 0 unspecified atom stereocenters. The van der Waals surface area contributed by atoms with Crippen LogP contribution in [0.1, 0.15) is 29.1 Å². The van der Waals surface area contributed by atoms with Crippen molar-refractivity contribution in [2.45, 2.75) is 38.0 Å². The number of fused-ring (bicyclic) bond motifs is 1. The third kappa shape index (κ3) is 2.75. The molecule has 4 rings (SSSR count). The van der Waals surface area contributed by atoms with Gasteiger partial charge in [-0.25, -0.2) is 4.98 Å². The minimum absolute atomic E-state index is 0.00281. The molecule has 3 heterocycles. The topological polar surface area (TPSA) is 77.7 Å². The lowest BCUT2D eigenvalue weighted by Gasteiger charge is -2.38. The molecular formula is C17H19N3O4. The average molecular weight is 329 g/mol. The molecule has 2 aliphatic rings. The summed E-state index contributed by atoms with van der Waals surface area (Å²) in [4.78, 5) is 18.8. The van der Waals surface area contributed by atoms with Crippen molar-refractivity contribution in [3.05, 3.63) is 41.9 Å². The van der Waals surface area contributed by atoms with Crippen LogP contribution >= 0.6 is 0 Å². The van der Waals surface area contributed by atoms with Crippen LogP contribution in [0.5, 0.6) is 5.88 Å². The third-order valence-electron chi connectivity index (χ3n) is 4.55. The summed E-state index contributed by atoms with van der Waals surface area (Å²) in [5.74, 6) is 1.11. The van der Waals surface area contributed by atoms with E-state index in [1.807, 2.05) is 23.1 Å². The van der Waals surface area contributed by atoms with Gasteiger partial charge < -0.3 is 18.9 Å². The largest absolute Gasteiger partial charge is 0.471 e. The molecule has 1 aliphatic heterocycles. The number of pyridine rings is 1. The van der Waals surface area contributed by atoms with Gasteiger partial charge in [0.25, 0.3) is 5.91 Å². The first-order chi connectivity index (χ1) is 11.7. The Morgan fingerprint density at radius 2 is 2.29 bits per heavy atom. The first-order valence-electron chi connectivity index (χ1n) is 8.16. The lowest BCUT2D eigenvalue weighted by molar-refractivity contribution is -0.0794. The van der Waals surface area contributed by atoms with Crippen LogP contribution in [0.25, 0.3) is 0 Å². The second-order valence-corrected chi connectivity index (χ2v) is 6.13. The Hall–Kier alpha value is -2.41. The van der Waals surface area contributed by atoms with Gasteiger partial charge >= 0.3 is 0 Å². The molecule has 0 radical (unpaired) electrons. The predicted molar refractivity (Wildman–Crippen MR) is 83.7 cm³/mol. The maximum atomic E-state index is 12.7. The maximum absolute atomic E-state index is 12.7. The van der Waals surface area contributed by atoms with Crippen LogP contribution in [0.3, 0.4) is 0 Å². The molecular weight excluding hydrogens is 310 g/mol. The van der Waals surface area contributed by atoms with E-state index in [0.717, 1.165) is 12.8 Å². The SMILES string of the molecule is Cc1cc(C(=O)N2CCO[C@H]3[C@H](Oc4ccccn4)CC[C@@H]32)no1. The molecule has 2 fully saturated rings. The minimum Gasteiger partial charge on any atom is -0.471 e. The quantitative estimate of drug-likeness (QED) is 0.855. The molecule has 0 aromatic carbocycles. The van der Waals surface area contributed by atoms with E-state index < -0.39 is 0 Å². The van der Waals surface area contributed by atoms with Gasteiger partial charge in [0.1, 0.15) is 18.0 Å². The van der Waals surface area contributed by atoms with Gasteiger partial charge in [0.2, 0.25) is 5.88 Å². The first kappa shape index (κ1) is 15.1. The van der Waals surface area contributed by atoms with Crippen molar-refractivity contribution in [2.75, 3.05) is 13.2 Å². The highest BCUT2D eigenvalue weighted by atomic mass is 16.5. The summed E-state index contributed by atoms with van der Waals surface area (Å²) in [6.07, 6.45) is 3.13. The number of hydrogen-bond donors (Lipinski definition) is 0. The summed E-state index contributed by atoms with van der Waals surface area (Å²) >= 11 is 0. The monoisotopic (exact) mass is 329 g/mol. The smallest absolute Gasteiger partial charge is 0.276 e. The Balaban J connectivity index is 1.49. The molecule has 0 spiro atoms. The lowest BCUT2D eigenvalue weighted by Crippen LogP contribution is -2.54. The van der Waals surface area contributed by atoms with Crippen molar-refractivity contribution in [3.63, 3.8) is 0 Å². The molecule has 24 heavy (non-hydrogen) atoms. The Bertz CT molecular complexity index is 718. The maximum Gasteiger partial charge on any atom is 0.276 e. The molecule has 1 aliphatic carbocycles. The molecule has 1 saturated heterocycles. The fraction of sp³-hybridized carbons (Fsp3) is 0.471. The van der Waals surface area contributed by atoms with Gasteiger partial charge in [0.05, 0.1) is 12.6 Å². The fourth-order valence-electron chi connectivity index (χ4n) is 3.48. The Kier molecular flexibility index (Phi) is 3.93. The van der Waals surface area contributed by atoms with E-state index in [1.54, 1.807) is 19.2 Å². The molecule has 3 atom stereocenters. The highest BCUT2D eigenvalue weighted by Crippen LogP contribution is 2.33. The zero-order chi connectivity index (χ0) is 16.5. The number of aryl methyl sites for hydroxylation is 1. The number of morpholine rings is 1. The molecule has 7 nitrogen and oxygen atoms in total. The Morgan fingerprint density at radius 1 is 1.38 bits per heavy atom. The fourth-order valence-corrected chi connectivity index (χ4v) is 3.48. The van der Waals surface area contributed by atoms with E-state index in [2.05, 4.69) is 10.1 Å². The van der Waals surface area contributed by atoms with Crippen LogP contribution in [0.15, 0.2) is 35.0 Å². The zero-order valence-electron chi connectivity index (χ0n) is 13.4. The zero-order valence-corrected chi connectivity index (χ0v) is 13.4. The van der Waals surface area contributed by atoms with Crippen LogP contribution in [-0.4, -0.2) is 52.3 Å². The van der Waals surface area contributed by atoms with E-state index in [0.29, 0.717) is 30.5 Å². The number of aromatic nitrogens is 2. The van der Waals surface area contributed by atoms with Crippen molar-refractivity contribution < 1.29 is 18.8 Å². The second kappa shape index (κ2) is 6.24. The molecule has 126 valence electrons. The molecule has 2 aromatic heterocycles. The van der Waals surface area contributed by atoms with Crippen LogP contribution in [0, 0.1) is 6.92 Å². The number of ether oxygens (including phenoxy) is 2. The van der Waals surface area contributed by atoms with Crippen LogP contribution < -0.4 is 4.74 Å². The number of carbonyl (C=O) groups excluding carboxylic acids is 1. The van der Waals surface area contributed by atoms with E-state index in [-0.39, 0.29) is 24.2 Å². The Labute approximate surface area is 139 Å². The average Bonchev–Trinajstić information content (AvgIpc) is 3.22. The van der Waals surface area contributed by atoms with Crippen LogP contribution in [-0.2, 0) is 4.74 Å². The van der Waals surface area contributed by atoms with Gasteiger partial charge in [-0.1, -0.05) is 11.2 Å². The van der Waals surface area contributed by atoms with E-state index in [9.17, 15) is 4.79 Å². The van der Waals surface area contributed by atoms with Crippen molar-refractivity contribution in [3.8, 4) is 5.88 Å². The van der Waals surface area contributed by atoms with Gasteiger partial charge in [-0.15, -0.1) is 0 Å². The summed E-state index contributed by atoms with van der Waals surface area (Å²) in [5, 5.41) is 3.84. The van der Waals surface area contributed by atoms with E-state index in [4.69, 9.17) is 14.0 Å². The predicted octanol–water partition coefficient (Wildman–Crippen LogP) is 1.83. The number of rotatable bonds is 3. The molecule has 0 bridgehead atoms. The summed E-state index contributed by atoms with van der Waals surface area (Å²) < 4.78 is 16.9. The summed E-state index contributed by atoms with van der Waals surface area (Å²) in [6, 6.07) is 7.24. The number of hydrogen-bond acceptors (Lipinski definition) is 6. The van der Waals surface area contributed by atoms with E-state index >= 15 is 0 Å². The number of amides is 1. The summed E-state index contributed by atoms with van der Waals surface area (Å²) in [6.45, 7) is 2.83. The first-order valence-corrected chi connectivity index (χ1v) is 8.16. The molecule has 7 heteroatoms. The standard InChI is InChI=1S/C17H19N3O4/c1-11-10-12(19-24-11)17(21)20-8-9-22-16-13(20)5-6-14(16)23-15-4-2-3-7-18-15/h2-4,7,10,13-14,16H,5-6,8-9H2,1H3/t13-,14+,16+/m0/s1. The normalized spacial score (nSPS) is 26.2. The van der Waals surface area contributed by atoms with Crippen molar-refractivity contribution in [2.24, 2.45) is 0 Å². The molecule has 0 N–H and O–H groups in total. The summed E-state index contributed by atoms with van der Waals surface area (Å²) in [7, 11) is 0. The number of carbonyl (C=O) groups is 1. The van der Waals surface area contributed by atoms with Crippen molar-refractivity contribution >= 4 is 5.91 Å². The van der Waals surface area contributed by atoms with Crippen LogP contribution in [0.4, 0.5) is 0 Å². The van der Waals surface area contributed by atoms with Gasteiger partial charge in [0.15, 0.2) is 5.69 Å². The van der Waals surface area contributed by atoms with Gasteiger partial charge in [0, 0.05) is 24.9 Å².